The summed E-state index contributed by atoms with van der Waals surface area (Å²) in [5, 5.41) is 5.67. The molecule has 0 saturated carbocycles. The Morgan fingerprint density at radius 1 is 1.00 bits per heavy atom. The number of benzene rings is 1. The maximum absolute atomic E-state index is 13.2. The van der Waals surface area contributed by atoms with Crippen LogP contribution in [0.25, 0.3) is 0 Å². The highest BCUT2D eigenvalue weighted by Gasteiger charge is 2.54. The van der Waals surface area contributed by atoms with E-state index in [0.717, 1.165) is 5.75 Å². The van der Waals surface area contributed by atoms with E-state index >= 15 is 0 Å². The van der Waals surface area contributed by atoms with Gasteiger partial charge in [-0.15, -0.1) is 0 Å². The second-order valence-electron chi connectivity index (χ2n) is 9.39. The Hall–Kier alpha value is -2.95. The van der Waals surface area contributed by atoms with Crippen LogP contribution in [0.5, 0.6) is 5.75 Å². The monoisotopic (exact) mass is 483 g/mol. The summed E-state index contributed by atoms with van der Waals surface area (Å²) in [4.78, 5) is 29.9. The molecule has 3 rings (SSSR count). The van der Waals surface area contributed by atoms with Crippen LogP contribution in [-0.2, 0) is 18.8 Å². The lowest BCUT2D eigenvalue weighted by Crippen LogP contribution is -2.56. The number of carbonyl (C=O) groups is 2. The molecule has 0 aliphatic carbocycles. The van der Waals surface area contributed by atoms with Gasteiger partial charge in [0.25, 0.3) is 5.91 Å². The fraction of sp³-hybridized carbons (Fsp3) is 0.480. The predicted molar refractivity (Wildman–Crippen MR) is 132 cm³/mol. The van der Waals surface area contributed by atoms with Gasteiger partial charge < -0.3 is 29.4 Å². The summed E-state index contributed by atoms with van der Waals surface area (Å²) in [7, 11) is 0.769. The lowest BCUT2D eigenvalue weighted by molar-refractivity contribution is -0.124. The van der Waals surface area contributed by atoms with Crippen molar-refractivity contribution in [2.75, 3.05) is 20.3 Å². The van der Waals surface area contributed by atoms with E-state index in [2.05, 4.69) is 15.6 Å². The SMILES string of the molecule is COC[C@@H](NC(=O)c1ccccn1)C(=O)N[C@@H](CCOc1ccccc1)B1OC(C)(C)C(C)(C)O1. The fourth-order valence-electron chi connectivity index (χ4n) is 3.51. The summed E-state index contributed by atoms with van der Waals surface area (Å²) >= 11 is 0. The highest BCUT2D eigenvalue weighted by molar-refractivity contribution is 6.48. The molecule has 2 N–H and O–H groups in total. The van der Waals surface area contributed by atoms with Crippen molar-refractivity contribution in [2.45, 2.75) is 57.3 Å². The molecule has 2 atom stereocenters. The molecule has 1 aliphatic rings. The molecule has 2 heterocycles. The Morgan fingerprint density at radius 2 is 1.66 bits per heavy atom. The Labute approximate surface area is 207 Å². The van der Waals surface area contributed by atoms with Crippen molar-refractivity contribution in [3.05, 3.63) is 60.4 Å². The van der Waals surface area contributed by atoms with Crippen LogP contribution >= 0.6 is 0 Å². The standard InChI is InChI=1S/C25H34BN3O6/c1-24(2)25(3,4)35-26(34-24)21(14-16-33-18-11-7-6-8-12-18)29-23(31)20(17-32-5)28-22(30)19-13-9-10-15-27-19/h6-13,15,20-21H,14,16-17H2,1-5H3,(H,28,30)(H,29,31)/t20-,21+/m1/s1. The third kappa shape index (κ3) is 7.03. The Bertz CT molecular complexity index is 958. The van der Waals surface area contributed by atoms with Gasteiger partial charge in [-0.1, -0.05) is 24.3 Å². The van der Waals surface area contributed by atoms with Crippen molar-refractivity contribution in [1.82, 2.24) is 15.6 Å². The van der Waals surface area contributed by atoms with Crippen molar-refractivity contribution in [3.8, 4) is 5.75 Å². The van der Waals surface area contributed by atoms with E-state index in [4.69, 9.17) is 18.8 Å². The van der Waals surface area contributed by atoms with Gasteiger partial charge in [0.15, 0.2) is 0 Å². The van der Waals surface area contributed by atoms with Gasteiger partial charge in [-0.25, -0.2) is 0 Å². The largest absolute Gasteiger partial charge is 0.494 e. The number of aromatic nitrogens is 1. The fourth-order valence-corrected chi connectivity index (χ4v) is 3.51. The number of carbonyl (C=O) groups excluding carboxylic acids is 2. The average molecular weight is 483 g/mol. The molecule has 35 heavy (non-hydrogen) atoms. The van der Waals surface area contributed by atoms with E-state index < -0.39 is 42.1 Å². The average Bonchev–Trinajstić information content (AvgIpc) is 3.05. The minimum Gasteiger partial charge on any atom is -0.494 e. The molecule has 0 spiro atoms. The van der Waals surface area contributed by atoms with Crippen LogP contribution in [0.4, 0.5) is 0 Å². The normalized spacial score (nSPS) is 17.9. The maximum atomic E-state index is 13.2. The molecule has 0 bridgehead atoms. The van der Waals surface area contributed by atoms with Crippen molar-refractivity contribution < 1.29 is 28.4 Å². The van der Waals surface area contributed by atoms with Crippen LogP contribution in [0.3, 0.4) is 0 Å². The van der Waals surface area contributed by atoms with Crippen molar-refractivity contribution in [3.63, 3.8) is 0 Å². The third-order valence-electron chi connectivity index (χ3n) is 6.22. The lowest BCUT2D eigenvalue weighted by atomic mass is 9.76. The summed E-state index contributed by atoms with van der Waals surface area (Å²) in [6, 6.07) is 13.5. The van der Waals surface area contributed by atoms with Crippen LogP contribution < -0.4 is 15.4 Å². The maximum Gasteiger partial charge on any atom is 0.481 e. The van der Waals surface area contributed by atoms with E-state index in [0.29, 0.717) is 13.0 Å². The molecule has 0 radical (unpaired) electrons. The molecule has 1 aromatic carbocycles. The van der Waals surface area contributed by atoms with E-state index in [1.165, 1.54) is 13.3 Å². The van der Waals surface area contributed by atoms with Gasteiger partial charge in [-0.3, -0.25) is 14.6 Å². The molecule has 2 aromatic rings. The minimum absolute atomic E-state index is 0.0129. The van der Waals surface area contributed by atoms with Gasteiger partial charge in [0.05, 0.1) is 30.4 Å². The number of ether oxygens (including phenoxy) is 2. The first kappa shape index (κ1) is 26.7. The van der Waals surface area contributed by atoms with Crippen LogP contribution in [0.1, 0.15) is 44.6 Å². The second-order valence-corrected chi connectivity index (χ2v) is 9.39. The van der Waals surface area contributed by atoms with Gasteiger partial charge in [0.1, 0.15) is 17.5 Å². The first-order chi connectivity index (χ1) is 16.6. The number of nitrogens with zero attached hydrogens (tertiary/aromatic N) is 1. The van der Waals surface area contributed by atoms with Crippen molar-refractivity contribution in [2.24, 2.45) is 0 Å². The molecule has 0 unspecified atom stereocenters. The molecular weight excluding hydrogens is 449 g/mol. The number of nitrogens with one attached hydrogen (secondary N) is 2. The van der Waals surface area contributed by atoms with Crippen LogP contribution in [0, 0.1) is 0 Å². The number of amides is 2. The molecule has 9 nitrogen and oxygen atoms in total. The van der Waals surface area contributed by atoms with Crippen molar-refractivity contribution >= 4 is 18.9 Å². The highest BCUT2D eigenvalue weighted by atomic mass is 16.7. The van der Waals surface area contributed by atoms with Gasteiger partial charge in [0.2, 0.25) is 5.91 Å². The molecule has 1 aromatic heterocycles. The summed E-state index contributed by atoms with van der Waals surface area (Å²) in [6.45, 7) is 8.12. The smallest absolute Gasteiger partial charge is 0.481 e. The summed E-state index contributed by atoms with van der Waals surface area (Å²) in [5.74, 6) is -0.692. The molecule has 10 heteroatoms. The number of hydrogen-bond donors (Lipinski definition) is 2. The first-order valence-corrected chi connectivity index (χ1v) is 11.7. The Balaban J connectivity index is 1.71. The van der Waals surface area contributed by atoms with Gasteiger partial charge in [0, 0.05) is 19.7 Å². The van der Waals surface area contributed by atoms with E-state index in [-0.39, 0.29) is 12.3 Å². The quantitative estimate of drug-likeness (QED) is 0.473. The van der Waals surface area contributed by atoms with E-state index in [1.807, 2.05) is 58.0 Å². The summed E-state index contributed by atoms with van der Waals surface area (Å²) in [5.41, 5.74) is -0.930. The number of pyridine rings is 1. The Kier molecular flexibility index (Phi) is 8.88. The third-order valence-corrected chi connectivity index (χ3v) is 6.22. The molecule has 2 amide bonds. The van der Waals surface area contributed by atoms with Crippen molar-refractivity contribution in [1.29, 1.82) is 0 Å². The predicted octanol–water partition coefficient (Wildman–Crippen LogP) is 2.41. The molecular formula is C25H34BN3O6. The molecule has 188 valence electrons. The highest BCUT2D eigenvalue weighted by Crippen LogP contribution is 2.37. The molecule has 1 fully saturated rings. The van der Waals surface area contributed by atoms with Gasteiger partial charge in [-0.2, -0.15) is 0 Å². The number of methoxy groups -OCH3 is 1. The van der Waals surface area contributed by atoms with Gasteiger partial charge in [-0.05, 0) is 52.0 Å². The first-order valence-electron chi connectivity index (χ1n) is 11.7. The van der Waals surface area contributed by atoms with Gasteiger partial charge >= 0.3 is 7.12 Å². The van der Waals surface area contributed by atoms with Crippen LogP contribution in [0.2, 0.25) is 0 Å². The number of rotatable bonds is 11. The summed E-state index contributed by atoms with van der Waals surface area (Å²) < 4.78 is 23.4. The second kappa shape index (κ2) is 11.7. The number of para-hydroxylation sites is 1. The Morgan fingerprint density at radius 3 is 2.26 bits per heavy atom. The van der Waals surface area contributed by atoms with E-state index in [9.17, 15) is 9.59 Å². The van der Waals surface area contributed by atoms with E-state index in [1.54, 1.807) is 18.2 Å². The zero-order valence-corrected chi connectivity index (χ0v) is 20.9. The molecule has 1 saturated heterocycles. The zero-order valence-electron chi connectivity index (χ0n) is 20.9. The van der Waals surface area contributed by atoms with Crippen LogP contribution in [0.15, 0.2) is 54.7 Å². The topological polar surface area (TPSA) is 108 Å². The van der Waals surface area contributed by atoms with Crippen LogP contribution in [-0.4, -0.2) is 67.4 Å². The zero-order chi connectivity index (χ0) is 25.5. The minimum atomic E-state index is -0.936. The molecule has 1 aliphatic heterocycles. The number of hydrogen-bond acceptors (Lipinski definition) is 7. The lowest BCUT2D eigenvalue weighted by Gasteiger charge is -2.32. The summed E-state index contributed by atoms with van der Waals surface area (Å²) in [6.07, 6.45) is 1.94.